The second-order valence-corrected chi connectivity index (χ2v) is 8.05. The lowest BCUT2D eigenvalue weighted by Gasteiger charge is -2.22. The summed E-state index contributed by atoms with van der Waals surface area (Å²) in [4.78, 5) is 0. The maximum atomic E-state index is 12.5. The Hall–Kier alpha value is 0.390. The SMILES string of the molecule is CCOP(=O)(OCC)C(I)c1cccc(Cl)c1. The van der Waals surface area contributed by atoms with Gasteiger partial charge in [-0.3, -0.25) is 4.57 Å². The first kappa shape index (κ1) is 15.4. The maximum Gasteiger partial charge on any atom is 0.347 e. The minimum Gasteiger partial charge on any atom is -0.308 e. The Balaban J connectivity index is 2.99. The lowest BCUT2D eigenvalue weighted by molar-refractivity contribution is 0.219. The van der Waals surface area contributed by atoms with E-state index in [0.29, 0.717) is 18.2 Å². The van der Waals surface area contributed by atoms with Gasteiger partial charge in [-0.15, -0.1) is 0 Å². The second-order valence-electron chi connectivity index (χ2n) is 3.27. The van der Waals surface area contributed by atoms with Gasteiger partial charge in [0.1, 0.15) is 3.67 Å². The minimum atomic E-state index is -3.12. The molecule has 0 N–H and O–H groups in total. The molecule has 0 fully saturated rings. The average molecular weight is 389 g/mol. The molecule has 3 nitrogen and oxygen atoms in total. The number of hydrogen-bond donors (Lipinski definition) is 0. The molecule has 1 aromatic carbocycles. The average Bonchev–Trinajstić information content (AvgIpc) is 2.28. The lowest BCUT2D eigenvalue weighted by atomic mass is 10.2. The molecule has 0 aromatic heterocycles. The van der Waals surface area contributed by atoms with E-state index in [-0.39, 0.29) is 3.67 Å². The highest BCUT2D eigenvalue weighted by atomic mass is 127. The molecule has 1 unspecified atom stereocenters. The van der Waals surface area contributed by atoms with Gasteiger partial charge in [0.25, 0.3) is 0 Å². The molecule has 0 radical (unpaired) electrons. The molecule has 0 aliphatic heterocycles. The first-order valence-corrected chi connectivity index (χ1v) is 8.55. The normalized spacial score (nSPS) is 13.6. The van der Waals surface area contributed by atoms with Crippen molar-refractivity contribution in [3.8, 4) is 0 Å². The fourth-order valence-electron chi connectivity index (χ4n) is 1.37. The van der Waals surface area contributed by atoms with E-state index < -0.39 is 7.60 Å². The Morgan fingerprint density at radius 2 is 1.94 bits per heavy atom. The van der Waals surface area contributed by atoms with Crippen LogP contribution in [0.15, 0.2) is 24.3 Å². The molecule has 1 rings (SSSR count). The van der Waals surface area contributed by atoms with Crippen LogP contribution in [0.25, 0.3) is 0 Å². The summed E-state index contributed by atoms with van der Waals surface area (Å²) in [5.41, 5.74) is 0.850. The van der Waals surface area contributed by atoms with Crippen LogP contribution in [0.2, 0.25) is 5.02 Å². The van der Waals surface area contributed by atoms with E-state index in [1.807, 2.05) is 12.1 Å². The van der Waals surface area contributed by atoms with E-state index >= 15 is 0 Å². The minimum absolute atomic E-state index is 0.348. The van der Waals surface area contributed by atoms with Crippen LogP contribution in [-0.2, 0) is 13.6 Å². The van der Waals surface area contributed by atoms with Crippen LogP contribution in [0, 0.1) is 0 Å². The summed E-state index contributed by atoms with van der Waals surface area (Å²) in [6.07, 6.45) is 0. The van der Waals surface area contributed by atoms with Gasteiger partial charge in [-0.1, -0.05) is 46.3 Å². The third-order valence-corrected chi connectivity index (χ3v) is 7.11. The van der Waals surface area contributed by atoms with E-state index in [9.17, 15) is 4.57 Å². The summed E-state index contributed by atoms with van der Waals surface area (Å²) in [6, 6.07) is 7.25. The summed E-state index contributed by atoms with van der Waals surface area (Å²) in [5.74, 6) is 0. The van der Waals surface area contributed by atoms with Crippen molar-refractivity contribution in [3.05, 3.63) is 34.9 Å². The lowest BCUT2D eigenvalue weighted by Crippen LogP contribution is -2.01. The van der Waals surface area contributed by atoms with Gasteiger partial charge in [0.05, 0.1) is 13.2 Å². The molecule has 0 heterocycles. The molecule has 0 saturated heterocycles. The standard InChI is InChI=1S/C11H15ClIO3P/c1-3-15-17(14,16-4-2)11(13)9-6-5-7-10(12)8-9/h5-8,11H,3-4H2,1-2H3. The monoisotopic (exact) mass is 388 g/mol. The topological polar surface area (TPSA) is 35.5 Å². The molecule has 6 heteroatoms. The Bertz CT molecular complexity index is 403. The molecule has 0 bridgehead atoms. The fraction of sp³-hybridized carbons (Fsp3) is 0.455. The van der Waals surface area contributed by atoms with E-state index in [4.69, 9.17) is 20.6 Å². The van der Waals surface area contributed by atoms with Crippen LogP contribution in [-0.4, -0.2) is 13.2 Å². The van der Waals surface area contributed by atoms with E-state index in [0.717, 1.165) is 5.56 Å². The summed E-state index contributed by atoms with van der Waals surface area (Å²) in [7, 11) is -3.12. The number of benzene rings is 1. The van der Waals surface area contributed by atoms with Gasteiger partial charge in [0.2, 0.25) is 0 Å². The molecular weight excluding hydrogens is 373 g/mol. The molecule has 0 aliphatic carbocycles. The summed E-state index contributed by atoms with van der Waals surface area (Å²) >= 11 is 8.00. The van der Waals surface area contributed by atoms with Crippen LogP contribution >= 0.6 is 41.8 Å². The summed E-state index contributed by atoms with van der Waals surface area (Å²) in [5, 5.41) is 0.615. The van der Waals surface area contributed by atoms with E-state index in [1.54, 1.807) is 26.0 Å². The van der Waals surface area contributed by atoms with Gasteiger partial charge in [-0.05, 0) is 31.5 Å². The van der Waals surface area contributed by atoms with Crippen LogP contribution < -0.4 is 0 Å². The van der Waals surface area contributed by atoms with Gasteiger partial charge in [-0.25, -0.2) is 0 Å². The molecule has 96 valence electrons. The quantitative estimate of drug-likeness (QED) is 0.389. The van der Waals surface area contributed by atoms with Crippen molar-refractivity contribution in [3.63, 3.8) is 0 Å². The van der Waals surface area contributed by atoms with Crippen molar-refractivity contribution >= 4 is 41.8 Å². The second kappa shape index (κ2) is 7.10. The molecule has 0 amide bonds. The van der Waals surface area contributed by atoms with Crippen molar-refractivity contribution in [2.75, 3.05) is 13.2 Å². The first-order valence-electron chi connectivity index (χ1n) is 5.31. The molecule has 1 aromatic rings. The zero-order valence-corrected chi connectivity index (χ0v) is 13.5. The van der Waals surface area contributed by atoms with Crippen LogP contribution in [0.4, 0.5) is 0 Å². The molecule has 17 heavy (non-hydrogen) atoms. The Labute approximate surface area is 121 Å². The Morgan fingerprint density at radius 1 is 1.35 bits per heavy atom. The number of halogens is 2. The zero-order chi connectivity index (χ0) is 12.9. The van der Waals surface area contributed by atoms with Gasteiger partial charge in [-0.2, -0.15) is 0 Å². The number of rotatable bonds is 6. The van der Waals surface area contributed by atoms with Gasteiger partial charge in [0.15, 0.2) is 0 Å². The van der Waals surface area contributed by atoms with Crippen molar-refractivity contribution < 1.29 is 13.6 Å². The highest BCUT2D eigenvalue weighted by Gasteiger charge is 2.34. The van der Waals surface area contributed by atoms with Crippen molar-refractivity contribution in [1.29, 1.82) is 0 Å². The van der Waals surface area contributed by atoms with E-state index in [2.05, 4.69) is 22.6 Å². The molecule has 0 spiro atoms. The third kappa shape index (κ3) is 4.21. The third-order valence-electron chi connectivity index (χ3n) is 2.02. The molecule has 1 atom stereocenters. The van der Waals surface area contributed by atoms with Gasteiger partial charge in [0, 0.05) is 5.02 Å². The predicted octanol–water partition coefficient (Wildman–Crippen LogP) is 5.04. The molecular formula is C11H15ClIO3P. The largest absolute Gasteiger partial charge is 0.347 e. The zero-order valence-electron chi connectivity index (χ0n) is 9.73. The van der Waals surface area contributed by atoms with Crippen molar-refractivity contribution in [2.45, 2.75) is 17.5 Å². The predicted molar refractivity (Wildman–Crippen MR) is 79.1 cm³/mol. The summed E-state index contributed by atoms with van der Waals surface area (Å²) in [6.45, 7) is 4.31. The van der Waals surface area contributed by atoms with Crippen LogP contribution in [0.5, 0.6) is 0 Å². The molecule has 0 aliphatic rings. The van der Waals surface area contributed by atoms with Crippen molar-refractivity contribution in [2.24, 2.45) is 0 Å². The highest BCUT2D eigenvalue weighted by Crippen LogP contribution is 2.64. The fourth-order valence-corrected chi connectivity index (χ4v) is 4.50. The Morgan fingerprint density at radius 3 is 2.41 bits per heavy atom. The summed E-state index contributed by atoms with van der Waals surface area (Å²) < 4.78 is 22.8. The Kier molecular flexibility index (Phi) is 6.45. The van der Waals surface area contributed by atoms with Crippen LogP contribution in [0.1, 0.15) is 23.1 Å². The van der Waals surface area contributed by atoms with Crippen molar-refractivity contribution in [1.82, 2.24) is 0 Å². The van der Waals surface area contributed by atoms with Gasteiger partial charge >= 0.3 is 7.60 Å². The van der Waals surface area contributed by atoms with Crippen LogP contribution in [0.3, 0.4) is 0 Å². The first-order chi connectivity index (χ1) is 8.03. The van der Waals surface area contributed by atoms with E-state index in [1.165, 1.54) is 0 Å². The molecule has 0 saturated carbocycles. The highest BCUT2D eigenvalue weighted by molar-refractivity contribution is 14.1. The van der Waals surface area contributed by atoms with Gasteiger partial charge < -0.3 is 9.05 Å². The maximum absolute atomic E-state index is 12.5. The number of hydrogen-bond acceptors (Lipinski definition) is 3. The number of alkyl halides is 1. The smallest absolute Gasteiger partial charge is 0.308 e.